The van der Waals surface area contributed by atoms with Crippen molar-refractivity contribution in [1.29, 1.82) is 0 Å². The van der Waals surface area contributed by atoms with Gasteiger partial charge < -0.3 is 10.1 Å². The maximum Gasteiger partial charge on any atom is 0.0829 e. The van der Waals surface area contributed by atoms with Gasteiger partial charge in [0.2, 0.25) is 0 Å². The van der Waals surface area contributed by atoms with Crippen LogP contribution in [0.1, 0.15) is 74.9 Å². The Bertz CT molecular complexity index is 468. The molecule has 118 valence electrons. The van der Waals surface area contributed by atoms with Crippen molar-refractivity contribution in [3.05, 3.63) is 10.6 Å². The Kier molecular flexibility index (Phi) is 4.62. The lowest BCUT2D eigenvalue weighted by Gasteiger charge is -2.41. The molecule has 1 N–H and O–H groups in total. The van der Waals surface area contributed by atoms with Crippen molar-refractivity contribution in [3.63, 3.8) is 0 Å². The third kappa shape index (κ3) is 3.01. The molecule has 0 amide bonds. The van der Waals surface area contributed by atoms with Gasteiger partial charge in [-0.25, -0.2) is 0 Å². The molecule has 5 heteroatoms. The topological polar surface area (TPSA) is 47.0 Å². The van der Waals surface area contributed by atoms with Gasteiger partial charge in [0.25, 0.3) is 0 Å². The van der Waals surface area contributed by atoms with Gasteiger partial charge in [-0.15, -0.1) is 5.10 Å². The van der Waals surface area contributed by atoms with E-state index < -0.39 is 0 Å². The second kappa shape index (κ2) is 6.31. The lowest BCUT2D eigenvalue weighted by molar-refractivity contribution is -0.0977. The van der Waals surface area contributed by atoms with Crippen LogP contribution in [0, 0.1) is 5.92 Å². The van der Waals surface area contributed by atoms with Crippen molar-refractivity contribution in [2.45, 2.75) is 69.9 Å². The van der Waals surface area contributed by atoms with Crippen LogP contribution >= 0.6 is 11.5 Å². The molecule has 1 aliphatic heterocycles. The number of hydrogen-bond acceptors (Lipinski definition) is 5. The van der Waals surface area contributed by atoms with E-state index in [9.17, 15) is 0 Å². The minimum atomic E-state index is 0.175. The van der Waals surface area contributed by atoms with E-state index >= 15 is 0 Å². The van der Waals surface area contributed by atoms with E-state index in [1.807, 2.05) is 0 Å². The van der Waals surface area contributed by atoms with Crippen LogP contribution < -0.4 is 5.32 Å². The molecule has 2 aliphatic rings. The highest BCUT2D eigenvalue weighted by Crippen LogP contribution is 2.46. The minimum Gasteiger partial charge on any atom is -0.375 e. The van der Waals surface area contributed by atoms with Crippen LogP contribution in [0.5, 0.6) is 0 Å². The lowest BCUT2D eigenvalue weighted by Crippen LogP contribution is -2.41. The van der Waals surface area contributed by atoms with Crippen molar-refractivity contribution in [3.8, 4) is 0 Å². The van der Waals surface area contributed by atoms with E-state index in [1.165, 1.54) is 42.7 Å². The van der Waals surface area contributed by atoms with Gasteiger partial charge in [-0.2, -0.15) is 0 Å². The maximum atomic E-state index is 6.19. The SMILES string of the molecule is CNC(c1snnc1C(C)C)C1CCOC2(CCCC2)C1. The predicted octanol–water partition coefficient (Wildman–Crippen LogP) is 3.66. The first-order chi connectivity index (χ1) is 10.2. The fraction of sp³-hybridized carbons (Fsp3) is 0.875. The summed E-state index contributed by atoms with van der Waals surface area (Å²) in [5.74, 6) is 1.08. The fourth-order valence-electron chi connectivity index (χ4n) is 4.12. The second-order valence-electron chi connectivity index (χ2n) is 6.93. The molecule has 3 rings (SSSR count). The van der Waals surface area contributed by atoms with Crippen LogP contribution in [-0.2, 0) is 4.74 Å². The highest BCUT2D eigenvalue weighted by Gasteiger charge is 2.42. The molecule has 2 fully saturated rings. The third-order valence-electron chi connectivity index (χ3n) is 5.20. The first kappa shape index (κ1) is 15.4. The van der Waals surface area contributed by atoms with Crippen molar-refractivity contribution in [1.82, 2.24) is 14.9 Å². The number of rotatable bonds is 4. The smallest absolute Gasteiger partial charge is 0.0829 e. The Morgan fingerprint density at radius 3 is 2.76 bits per heavy atom. The number of ether oxygens (including phenoxy) is 1. The van der Waals surface area contributed by atoms with Gasteiger partial charge in [-0.05, 0) is 56.1 Å². The molecule has 4 nitrogen and oxygen atoms in total. The van der Waals surface area contributed by atoms with Crippen LogP contribution in [0.15, 0.2) is 0 Å². The monoisotopic (exact) mass is 309 g/mol. The second-order valence-corrected chi connectivity index (χ2v) is 7.72. The summed E-state index contributed by atoms with van der Waals surface area (Å²) in [6, 6.07) is 0.378. The highest BCUT2D eigenvalue weighted by atomic mass is 32.1. The molecular weight excluding hydrogens is 282 g/mol. The molecule has 1 aromatic rings. The minimum absolute atomic E-state index is 0.175. The van der Waals surface area contributed by atoms with Gasteiger partial charge in [0.05, 0.1) is 16.2 Å². The summed E-state index contributed by atoms with van der Waals surface area (Å²) in [7, 11) is 2.07. The molecule has 21 heavy (non-hydrogen) atoms. The van der Waals surface area contributed by atoms with Crippen LogP contribution in [0.3, 0.4) is 0 Å². The Labute approximate surface area is 131 Å². The van der Waals surface area contributed by atoms with Crippen LogP contribution in [0.25, 0.3) is 0 Å². The van der Waals surface area contributed by atoms with Gasteiger partial charge in [-0.1, -0.05) is 31.2 Å². The van der Waals surface area contributed by atoms with E-state index in [1.54, 1.807) is 11.5 Å². The number of nitrogens with one attached hydrogen (secondary N) is 1. The molecule has 1 aromatic heterocycles. The average Bonchev–Trinajstić information content (AvgIpc) is 3.10. The Hall–Kier alpha value is -0.520. The summed E-state index contributed by atoms with van der Waals surface area (Å²) >= 11 is 1.57. The zero-order chi connectivity index (χ0) is 14.9. The first-order valence-corrected chi connectivity index (χ1v) is 9.06. The molecule has 1 saturated carbocycles. The number of aromatic nitrogens is 2. The van der Waals surface area contributed by atoms with Gasteiger partial charge in [0, 0.05) is 12.6 Å². The van der Waals surface area contributed by atoms with Crippen molar-refractivity contribution < 1.29 is 4.74 Å². The zero-order valence-corrected chi connectivity index (χ0v) is 14.2. The number of hydrogen-bond donors (Lipinski definition) is 1. The van der Waals surface area contributed by atoms with Crippen molar-refractivity contribution in [2.75, 3.05) is 13.7 Å². The molecule has 2 unspecified atom stereocenters. The third-order valence-corrected chi connectivity index (χ3v) is 6.02. The maximum absolute atomic E-state index is 6.19. The Balaban J connectivity index is 1.80. The summed E-state index contributed by atoms with van der Waals surface area (Å²) in [6.45, 7) is 5.32. The molecule has 2 atom stereocenters. The Morgan fingerprint density at radius 2 is 2.10 bits per heavy atom. The quantitative estimate of drug-likeness (QED) is 0.922. The van der Waals surface area contributed by atoms with Crippen LogP contribution in [0.2, 0.25) is 0 Å². The van der Waals surface area contributed by atoms with Gasteiger partial charge >= 0.3 is 0 Å². The molecule has 0 aromatic carbocycles. The fourth-order valence-corrected chi connectivity index (χ4v) is 5.13. The van der Waals surface area contributed by atoms with Gasteiger partial charge in [-0.3, -0.25) is 0 Å². The summed E-state index contributed by atoms with van der Waals surface area (Å²) in [5.41, 5.74) is 1.35. The lowest BCUT2D eigenvalue weighted by atomic mass is 9.79. The first-order valence-electron chi connectivity index (χ1n) is 8.28. The summed E-state index contributed by atoms with van der Waals surface area (Å²) in [4.78, 5) is 1.34. The highest BCUT2D eigenvalue weighted by molar-refractivity contribution is 7.05. The molecule has 1 spiro atoms. The molecule has 0 radical (unpaired) electrons. The van der Waals surface area contributed by atoms with E-state index in [4.69, 9.17) is 4.74 Å². The zero-order valence-electron chi connectivity index (χ0n) is 13.4. The van der Waals surface area contributed by atoms with Crippen LogP contribution in [0.4, 0.5) is 0 Å². The average molecular weight is 309 g/mol. The van der Waals surface area contributed by atoms with E-state index in [0.717, 1.165) is 13.0 Å². The van der Waals surface area contributed by atoms with E-state index in [2.05, 4.69) is 35.8 Å². The van der Waals surface area contributed by atoms with Gasteiger partial charge in [0.1, 0.15) is 0 Å². The molecule has 1 aliphatic carbocycles. The van der Waals surface area contributed by atoms with Crippen LogP contribution in [-0.4, -0.2) is 28.8 Å². The summed E-state index contributed by atoms with van der Waals surface area (Å²) in [6.07, 6.45) is 7.49. The molecule has 1 saturated heterocycles. The molecule has 0 bridgehead atoms. The largest absolute Gasteiger partial charge is 0.375 e. The molecular formula is C16H27N3OS. The van der Waals surface area contributed by atoms with Gasteiger partial charge in [0.15, 0.2) is 0 Å². The molecule has 2 heterocycles. The van der Waals surface area contributed by atoms with Crippen molar-refractivity contribution >= 4 is 11.5 Å². The summed E-state index contributed by atoms with van der Waals surface area (Å²) < 4.78 is 10.4. The Morgan fingerprint density at radius 1 is 1.33 bits per heavy atom. The van der Waals surface area contributed by atoms with E-state index in [-0.39, 0.29) is 5.60 Å². The van der Waals surface area contributed by atoms with E-state index in [0.29, 0.717) is 17.9 Å². The standard InChI is InChI=1S/C16H27N3OS/c1-11(2)13-15(21-19-18-13)14(17-3)12-6-9-20-16(10-12)7-4-5-8-16/h11-12,14,17H,4-10H2,1-3H3. The predicted molar refractivity (Wildman–Crippen MR) is 85.7 cm³/mol. The normalized spacial score (nSPS) is 26.6. The van der Waals surface area contributed by atoms with Crippen molar-refractivity contribution in [2.24, 2.45) is 5.92 Å². The number of nitrogens with zero attached hydrogens (tertiary/aromatic N) is 2. The summed E-state index contributed by atoms with van der Waals surface area (Å²) in [5, 5.41) is 7.92.